The molecule has 7 nitrogen and oxygen atoms in total. The fourth-order valence-electron chi connectivity index (χ4n) is 3.34. The summed E-state index contributed by atoms with van der Waals surface area (Å²) in [5, 5.41) is 22.1. The summed E-state index contributed by atoms with van der Waals surface area (Å²) in [7, 11) is 0. The molecule has 1 aromatic rings. The van der Waals surface area contributed by atoms with Crippen molar-refractivity contribution in [3.05, 3.63) is 35.7 Å². The third-order valence-corrected chi connectivity index (χ3v) is 4.81. The zero-order valence-electron chi connectivity index (χ0n) is 13.4. The number of furan rings is 1. The van der Waals surface area contributed by atoms with Gasteiger partial charge in [-0.3, -0.25) is 0 Å². The number of ether oxygens (including phenoxy) is 2. The van der Waals surface area contributed by atoms with Crippen molar-refractivity contribution in [2.24, 2.45) is 11.7 Å². The molecule has 3 rings (SSSR count). The van der Waals surface area contributed by atoms with E-state index in [0.29, 0.717) is 12.8 Å². The van der Waals surface area contributed by atoms with E-state index in [9.17, 15) is 15.2 Å². The molecular formula is C17H17N2O5S-. The maximum Gasteiger partial charge on any atom is 0.338 e. The molecule has 1 aliphatic heterocycles. The Morgan fingerprint density at radius 1 is 1.36 bits per heavy atom. The van der Waals surface area contributed by atoms with Crippen molar-refractivity contribution in [2.45, 2.75) is 43.8 Å². The molecule has 1 aliphatic carbocycles. The van der Waals surface area contributed by atoms with Crippen LogP contribution in [0.3, 0.4) is 0 Å². The molecule has 2 N–H and O–H groups in total. The average molecular weight is 361 g/mol. The third-order valence-electron chi connectivity index (χ3n) is 4.55. The Bertz CT molecular complexity index is 744. The molecule has 0 bridgehead atoms. The van der Waals surface area contributed by atoms with E-state index in [0.717, 1.165) is 19.3 Å². The molecule has 1 fully saturated rings. The molecule has 1 spiro atoms. The van der Waals surface area contributed by atoms with E-state index in [2.05, 4.69) is 0 Å². The van der Waals surface area contributed by atoms with Gasteiger partial charge in [-0.05, 0) is 37.8 Å². The quantitative estimate of drug-likeness (QED) is 0.634. The summed E-state index contributed by atoms with van der Waals surface area (Å²) >= 11 is 4.93. The third kappa shape index (κ3) is 3.20. The fraction of sp³-hybridized carbons (Fsp3) is 0.471. The lowest BCUT2D eigenvalue weighted by atomic mass is 9.83. The maximum atomic E-state index is 12.7. The van der Waals surface area contributed by atoms with Crippen molar-refractivity contribution >= 4 is 23.2 Å². The van der Waals surface area contributed by atoms with Crippen molar-refractivity contribution < 1.29 is 23.8 Å². The minimum Gasteiger partial charge on any atom is -0.574 e. The topological polar surface area (TPSA) is 122 Å². The fourth-order valence-corrected chi connectivity index (χ4v) is 3.53. The van der Waals surface area contributed by atoms with Crippen LogP contribution in [-0.2, 0) is 14.3 Å². The molecule has 0 amide bonds. The number of thiocarbonyl (C=S) groups is 1. The van der Waals surface area contributed by atoms with Crippen LogP contribution >= 0.6 is 12.2 Å². The highest BCUT2D eigenvalue weighted by Gasteiger charge is 2.44. The molecular weight excluding hydrogens is 344 g/mol. The van der Waals surface area contributed by atoms with Gasteiger partial charge in [0.2, 0.25) is 0 Å². The molecule has 25 heavy (non-hydrogen) atoms. The zero-order valence-corrected chi connectivity index (χ0v) is 14.2. The van der Waals surface area contributed by atoms with Crippen molar-refractivity contribution in [3.63, 3.8) is 0 Å². The molecule has 2 heterocycles. The highest BCUT2D eigenvalue weighted by atomic mass is 32.1. The van der Waals surface area contributed by atoms with Gasteiger partial charge in [0.05, 0.1) is 34.8 Å². The van der Waals surface area contributed by atoms with Crippen LogP contribution in [-0.4, -0.2) is 16.7 Å². The Kier molecular flexibility index (Phi) is 4.68. The molecule has 0 aromatic carbocycles. The Labute approximate surface area is 150 Å². The standard InChI is InChI=1S/C17H18N2O5S/c18-9-10(14(19)25)12(11-5-4-8-22-11)13-15(20)23-17(24-16(13)21)6-2-1-3-7-17/h4-5,8,10,12,20H,1-3,6-7H2,(H2,19,25)/p-1. The first-order valence-electron chi connectivity index (χ1n) is 8.03. The van der Waals surface area contributed by atoms with Crippen LogP contribution in [0.25, 0.3) is 0 Å². The highest BCUT2D eigenvalue weighted by molar-refractivity contribution is 7.80. The van der Waals surface area contributed by atoms with Crippen LogP contribution in [0.1, 0.15) is 43.8 Å². The van der Waals surface area contributed by atoms with Gasteiger partial charge in [-0.2, -0.15) is 5.26 Å². The molecule has 1 saturated carbocycles. The molecule has 2 aliphatic rings. The lowest BCUT2D eigenvalue weighted by Crippen LogP contribution is -2.47. The molecule has 0 saturated heterocycles. The number of hydrogen-bond acceptors (Lipinski definition) is 7. The van der Waals surface area contributed by atoms with E-state index in [1.807, 2.05) is 6.07 Å². The van der Waals surface area contributed by atoms with E-state index >= 15 is 0 Å². The molecule has 1 aromatic heterocycles. The number of hydrogen-bond donors (Lipinski definition) is 1. The Morgan fingerprint density at radius 2 is 2.08 bits per heavy atom. The SMILES string of the molecule is N#CC(C(N)=S)C(C1=C([O-])OC2(CCCCC2)OC1=O)c1ccco1. The summed E-state index contributed by atoms with van der Waals surface area (Å²) in [6.07, 6.45) is 4.94. The van der Waals surface area contributed by atoms with Gasteiger partial charge in [0.1, 0.15) is 11.7 Å². The normalized spacial score (nSPS) is 21.8. The van der Waals surface area contributed by atoms with Crippen LogP contribution < -0.4 is 10.8 Å². The van der Waals surface area contributed by atoms with Gasteiger partial charge >= 0.3 is 5.97 Å². The van der Waals surface area contributed by atoms with E-state index in [4.69, 9.17) is 31.8 Å². The Morgan fingerprint density at radius 3 is 2.60 bits per heavy atom. The number of carbonyl (C=O) groups is 1. The second-order valence-electron chi connectivity index (χ2n) is 6.17. The molecule has 2 unspecified atom stereocenters. The van der Waals surface area contributed by atoms with E-state index in [-0.39, 0.29) is 16.3 Å². The first-order chi connectivity index (χ1) is 12.0. The summed E-state index contributed by atoms with van der Waals surface area (Å²) in [4.78, 5) is 12.5. The van der Waals surface area contributed by atoms with Crippen molar-refractivity contribution in [3.8, 4) is 6.07 Å². The predicted octanol–water partition coefficient (Wildman–Crippen LogP) is 1.59. The van der Waals surface area contributed by atoms with Crippen molar-refractivity contribution in [1.29, 1.82) is 5.26 Å². The van der Waals surface area contributed by atoms with Gasteiger partial charge in [-0.1, -0.05) is 18.6 Å². The minimum atomic E-state index is -1.20. The number of nitrogens with zero attached hydrogens (tertiary/aromatic N) is 1. The summed E-state index contributed by atoms with van der Waals surface area (Å²) in [5.74, 6) is -4.76. The van der Waals surface area contributed by atoms with Crippen LogP contribution in [0.15, 0.2) is 34.3 Å². The lowest BCUT2D eigenvalue weighted by Gasteiger charge is -2.47. The number of esters is 1. The average Bonchev–Trinajstić information content (AvgIpc) is 3.07. The van der Waals surface area contributed by atoms with E-state index < -0.39 is 29.5 Å². The highest BCUT2D eigenvalue weighted by Crippen LogP contribution is 2.42. The van der Waals surface area contributed by atoms with Gasteiger partial charge in [0.25, 0.3) is 0 Å². The first kappa shape index (κ1) is 17.3. The first-order valence-corrected chi connectivity index (χ1v) is 8.44. The predicted molar refractivity (Wildman–Crippen MR) is 87.4 cm³/mol. The Hall–Kier alpha value is -2.53. The van der Waals surface area contributed by atoms with Crippen LogP contribution in [0.5, 0.6) is 0 Å². The van der Waals surface area contributed by atoms with E-state index in [1.54, 1.807) is 12.1 Å². The molecule has 2 atom stereocenters. The second-order valence-corrected chi connectivity index (χ2v) is 6.64. The maximum absolute atomic E-state index is 12.7. The van der Waals surface area contributed by atoms with Crippen molar-refractivity contribution in [1.82, 2.24) is 0 Å². The summed E-state index contributed by atoms with van der Waals surface area (Å²) in [6, 6.07) is 5.07. The van der Waals surface area contributed by atoms with Gasteiger partial charge in [0, 0.05) is 0 Å². The van der Waals surface area contributed by atoms with Gasteiger partial charge in [0.15, 0.2) is 5.79 Å². The lowest BCUT2D eigenvalue weighted by molar-refractivity contribution is -0.402. The zero-order chi connectivity index (χ0) is 18.0. The second kappa shape index (κ2) is 6.76. The molecule has 8 heteroatoms. The number of nitriles is 1. The summed E-state index contributed by atoms with van der Waals surface area (Å²) in [5.41, 5.74) is 5.32. The monoisotopic (exact) mass is 361 g/mol. The number of carbonyl (C=O) groups excluding carboxylic acids is 1. The van der Waals surface area contributed by atoms with Gasteiger partial charge in [-0.25, -0.2) is 4.79 Å². The molecule has 0 radical (unpaired) electrons. The molecule has 132 valence electrons. The Balaban J connectivity index is 2.03. The largest absolute Gasteiger partial charge is 0.574 e. The van der Waals surface area contributed by atoms with Crippen LogP contribution in [0, 0.1) is 17.2 Å². The summed E-state index contributed by atoms with van der Waals surface area (Å²) < 4.78 is 16.3. The van der Waals surface area contributed by atoms with Crippen molar-refractivity contribution in [2.75, 3.05) is 0 Å². The summed E-state index contributed by atoms with van der Waals surface area (Å²) in [6.45, 7) is 0. The van der Waals surface area contributed by atoms with Crippen LogP contribution in [0.4, 0.5) is 0 Å². The van der Waals surface area contributed by atoms with Gasteiger partial charge in [-0.15, -0.1) is 0 Å². The number of nitrogens with two attached hydrogens (primary N) is 1. The van der Waals surface area contributed by atoms with Gasteiger partial charge < -0.3 is 24.7 Å². The van der Waals surface area contributed by atoms with Crippen LogP contribution in [0.2, 0.25) is 0 Å². The van der Waals surface area contributed by atoms with E-state index in [1.165, 1.54) is 6.26 Å². The number of rotatable bonds is 4. The minimum absolute atomic E-state index is 0.144. The smallest absolute Gasteiger partial charge is 0.338 e.